The lowest BCUT2D eigenvalue weighted by Gasteiger charge is -2.21. The van der Waals surface area contributed by atoms with E-state index in [1.165, 1.54) is 22.7 Å². The number of amides is 2. The smallest absolute Gasteiger partial charge is 0.248 e. The van der Waals surface area contributed by atoms with E-state index in [1.807, 2.05) is 6.07 Å². The van der Waals surface area contributed by atoms with E-state index >= 15 is 0 Å². The fraction of sp³-hybridized carbons (Fsp3) is 0.150. The van der Waals surface area contributed by atoms with Gasteiger partial charge >= 0.3 is 0 Å². The summed E-state index contributed by atoms with van der Waals surface area (Å²) in [4.78, 5) is 26.7. The van der Waals surface area contributed by atoms with Gasteiger partial charge in [-0.25, -0.2) is 0 Å². The van der Waals surface area contributed by atoms with Gasteiger partial charge < -0.3 is 10.2 Å². The molecule has 0 radical (unpaired) electrons. The third-order valence-corrected chi connectivity index (χ3v) is 5.86. The normalized spacial score (nSPS) is 16.2. The maximum absolute atomic E-state index is 12.6. The van der Waals surface area contributed by atoms with Crippen molar-refractivity contribution in [3.05, 3.63) is 69.7 Å². The number of halogens is 2. The van der Waals surface area contributed by atoms with E-state index in [0.717, 1.165) is 5.56 Å². The largest absolute Gasteiger partial charge is 0.324 e. The number of nitrogens with one attached hydrogen (secondary N) is 1. The number of carbonyl (C=O) groups excluding carboxylic acids is 2. The van der Waals surface area contributed by atoms with Gasteiger partial charge in [0.05, 0.1) is 27.6 Å². The zero-order valence-corrected chi connectivity index (χ0v) is 16.9. The van der Waals surface area contributed by atoms with E-state index < -0.39 is 6.04 Å². The SMILES string of the molecule is N#Cc1ccc(NC(=O)C2CSCN2C(=O)/C=C/c2ccc(Cl)c(Cl)c2)cc1. The number of benzene rings is 2. The number of thioether (sulfide) groups is 1. The molecule has 3 rings (SSSR count). The van der Waals surface area contributed by atoms with Gasteiger partial charge in [-0.3, -0.25) is 9.59 Å². The molecule has 0 aliphatic carbocycles. The molecule has 142 valence electrons. The van der Waals surface area contributed by atoms with Crippen LogP contribution in [0.5, 0.6) is 0 Å². The molecule has 0 bridgehead atoms. The summed E-state index contributed by atoms with van der Waals surface area (Å²) in [5, 5.41) is 12.5. The minimum Gasteiger partial charge on any atom is -0.324 e. The Labute approximate surface area is 176 Å². The monoisotopic (exact) mass is 431 g/mol. The molecule has 1 heterocycles. The maximum Gasteiger partial charge on any atom is 0.248 e. The average Bonchev–Trinajstić information content (AvgIpc) is 3.19. The first-order valence-corrected chi connectivity index (χ1v) is 10.2. The van der Waals surface area contributed by atoms with E-state index in [1.54, 1.807) is 48.5 Å². The number of rotatable bonds is 4. The highest BCUT2D eigenvalue weighted by atomic mass is 35.5. The molecular weight excluding hydrogens is 417 g/mol. The van der Waals surface area contributed by atoms with Crippen LogP contribution in [0.15, 0.2) is 48.5 Å². The fourth-order valence-corrected chi connectivity index (χ4v) is 4.08. The lowest BCUT2D eigenvalue weighted by Crippen LogP contribution is -2.43. The topological polar surface area (TPSA) is 73.2 Å². The summed E-state index contributed by atoms with van der Waals surface area (Å²) in [5.74, 6) is 0.451. The molecule has 1 aliphatic heterocycles. The van der Waals surface area contributed by atoms with Crippen LogP contribution >= 0.6 is 35.0 Å². The number of anilines is 1. The van der Waals surface area contributed by atoms with Crippen LogP contribution in [0.25, 0.3) is 6.08 Å². The van der Waals surface area contributed by atoms with Gasteiger partial charge in [0.15, 0.2) is 0 Å². The van der Waals surface area contributed by atoms with Crippen molar-refractivity contribution in [2.45, 2.75) is 6.04 Å². The van der Waals surface area contributed by atoms with Crippen LogP contribution < -0.4 is 5.32 Å². The van der Waals surface area contributed by atoms with Gasteiger partial charge in [-0.1, -0.05) is 29.3 Å². The van der Waals surface area contributed by atoms with Gasteiger partial charge in [-0.2, -0.15) is 5.26 Å². The Balaban J connectivity index is 1.66. The summed E-state index contributed by atoms with van der Waals surface area (Å²) in [5.41, 5.74) is 1.84. The number of hydrogen-bond acceptors (Lipinski definition) is 4. The predicted molar refractivity (Wildman–Crippen MR) is 113 cm³/mol. The first kappa shape index (κ1) is 20.3. The molecule has 0 saturated carbocycles. The van der Waals surface area contributed by atoms with Crippen LogP contribution in [0, 0.1) is 11.3 Å². The fourth-order valence-electron chi connectivity index (χ4n) is 2.61. The Morgan fingerprint density at radius 1 is 1.18 bits per heavy atom. The molecule has 1 fully saturated rings. The van der Waals surface area contributed by atoms with Gasteiger partial charge in [0.1, 0.15) is 6.04 Å². The quantitative estimate of drug-likeness (QED) is 0.727. The molecular formula is C20H15Cl2N3O2S. The van der Waals surface area contributed by atoms with Crippen molar-refractivity contribution in [1.82, 2.24) is 4.90 Å². The molecule has 5 nitrogen and oxygen atoms in total. The third-order valence-electron chi connectivity index (χ3n) is 4.11. The number of hydrogen-bond donors (Lipinski definition) is 1. The summed E-state index contributed by atoms with van der Waals surface area (Å²) < 4.78 is 0. The summed E-state index contributed by atoms with van der Waals surface area (Å²) in [6, 6.07) is 13.1. The van der Waals surface area contributed by atoms with Gasteiger partial charge in [0, 0.05) is 17.5 Å². The van der Waals surface area contributed by atoms with Crippen LogP contribution in [0.2, 0.25) is 10.0 Å². The van der Waals surface area contributed by atoms with Crippen molar-refractivity contribution in [2.24, 2.45) is 0 Å². The Bertz CT molecular complexity index is 970. The van der Waals surface area contributed by atoms with E-state index in [9.17, 15) is 9.59 Å². The maximum atomic E-state index is 12.6. The summed E-state index contributed by atoms with van der Waals surface area (Å²) in [6.45, 7) is 0. The minimum absolute atomic E-state index is 0.254. The van der Waals surface area contributed by atoms with Crippen LogP contribution in [0.3, 0.4) is 0 Å². The Morgan fingerprint density at radius 3 is 2.61 bits per heavy atom. The molecule has 1 saturated heterocycles. The average molecular weight is 432 g/mol. The third kappa shape index (κ3) is 4.87. The van der Waals surface area contributed by atoms with Gasteiger partial charge in [-0.05, 0) is 48.0 Å². The zero-order chi connectivity index (χ0) is 20.1. The second kappa shape index (κ2) is 9.16. The molecule has 2 aromatic rings. The van der Waals surface area contributed by atoms with E-state index in [4.69, 9.17) is 28.5 Å². The standard InChI is InChI=1S/C20H15Cl2N3O2S/c21-16-7-3-13(9-17(16)22)4-8-19(26)25-12-28-11-18(25)20(27)24-15-5-1-14(10-23)2-6-15/h1-9,18H,11-12H2,(H,24,27)/b8-4+. The second-order valence-corrected chi connectivity index (χ2v) is 7.82. The molecule has 1 unspecified atom stereocenters. The molecule has 1 atom stereocenters. The number of carbonyl (C=O) groups is 2. The summed E-state index contributed by atoms with van der Waals surface area (Å²) in [6.07, 6.45) is 3.07. The van der Waals surface area contributed by atoms with Gasteiger partial charge in [-0.15, -0.1) is 11.8 Å². The van der Waals surface area contributed by atoms with Crippen molar-refractivity contribution >= 4 is 58.5 Å². The lowest BCUT2D eigenvalue weighted by atomic mass is 10.2. The lowest BCUT2D eigenvalue weighted by molar-refractivity contribution is -0.132. The summed E-state index contributed by atoms with van der Waals surface area (Å²) in [7, 11) is 0. The highest BCUT2D eigenvalue weighted by Gasteiger charge is 2.33. The van der Waals surface area contributed by atoms with Crippen molar-refractivity contribution in [1.29, 1.82) is 5.26 Å². The molecule has 2 amide bonds. The Hall–Kier alpha value is -2.46. The minimum atomic E-state index is -0.563. The van der Waals surface area contributed by atoms with Gasteiger partial charge in [0.25, 0.3) is 0 Å². The summed E-state index contributed by atoms with van der Waals surface area (Å²) >= 11 is 13.4. The van der Waals surface area contributed by atoms with E-state index in [-0.39, 0.29) is 11.8 Å². The van der Waals surface area contributed by atoms with Crippen LogP contribution in [0.1, 0.15) is 11.1 Å². The second-order valence-electron chi connectivity index (χ2n) is 6.01. The Morgan fingerprint density at radius 2 is 1.93 bits per heavy atom. The van der Waals surface area contributed by atoms with Crippen LogP contribution in [-0.2, 0) is 9.59 Å². The molecule has 1 aliphatic rings. The molecule has 28 heavy (non-hydrogen) atoms. The highest BCUT2D eigenvalue weighted by Crippen LogP contribution is 2.25. The first-order chi connectivity index (χ1) is 13.5. The highest BCUT2D eigenvalue weighted by molar-refractivity contribution is 7.99. The van der Waals surface area contributed by atoms with Crippen molar-refractivity contribution < 1.29 is 9.59 Å². The zero-order valence-electron chi connectivity index (χ0n) is 14.6. The molecule has 1 N–H and O–H groups in total. The van der Waals surface area contributed by atoms with E-state index in [0.29, 0.717) is 32.9 Å². The van der Waals surface area contributed by atoms with Crippen LogP contribution in [0.4, 0.5) is 5.69 Å². The molecule has 8 heteroatoms. The van der Waals surface area contributed by atoms with Crippen LogP contribution in [-0.4, -0.2) is 34.4 Å². The van der Waals surface area contributed by atoms with Gasteiger partial charge in [0.2, 0.25) is 11.8 Å². The first-order valence-electron chi connectivity index (χ1n) is 8.30. The molecule has 0 aromatic heterocycles. The van der Waals surface area contributed by atoms with Crippen molar-refractivity contribution in [2.75, 3.05) is 16.9 Å². The van der Waals surface area contributed by atoms with E-state index in [2.05, 4.69) is 5.32 Å². The predicted octanol–water partition coefficient (Wildman–Crippen LogP) is 4.42. The number of nitriles is 1. The van der Waals surface area contributed by atoms with Crippen molar-refractivity contribution in [3.8, 4) is 6.07 Å². The number of nitrogens with zero attached hydrogens (tertiary/aromatic N) is 2. The molecule has 2 aromatic carbocycles. The Kier molecular flexibility index (Phi) is 6.63. The molecule has 0 spiro atoms. The van der Waals surface area contributed by atoms with Crippen molar-refractivity contribution in [3.63, 3.8) is 0 Å².